The van der Waals surface area contributed by atoms with Gasteiger partial charge in [0.05, 0.1) is 5.92 Å². The van der Waals surface area contributed by atoms with Crippen molar-refractivity contribution in [1.82, 2.24) is 0 Å². The van der Waals surface area contributed by atoms with Gasteiger partial charge in [-0.1, -0.05) is 61.1 Å². The van der Waals surface area contributed by atoms with E-state index in [2.05, 4.69) is 56.8 Å². The van der Waals surface area contributed by atoms with Crippen molar-refractivity contribution in [2.24, 2.45) is 5.92 Å². The van der Waals surface area contributed by atoms with Crippen LogP contribution in [-0.4, -0.2) is 11.1 Å². The second-order valence-electron chi connectivity index (χ2n) is 5.38. The van der Waals surface area contributed by atoms with E-state index in [1.165, 1.54) is 22.8 Å². The average molecular weight is 298 g/mol. The highest BCUT2D eigenvalue weighted by molar-refractivity contribution is 5.71. The Morgan fingerprint density at radius 2 is 1.95 bits per heavy atom. The largest absolute Gasteiger partial charge is 0.481 e. The summed E-state index contributed by atoms with van der Waals surface area (Å²) in [6.45, 7) is 7.91. The summed E-state index contributed by atoms with van der Waals surface area (Å²) >= 11 is 0. The zero-order valence-electron chi connectivity index (χ0n) is 13.6. The first-order chi connectivity index (χ1) is 10.6. The Morgan fingerprint density at radius 1 is 1.27 bits per heavy atom. The molecule has 0 aliphatic heterocycles. The van der Waals surface area contributed by atoms with Gasteiger partial charge in [-0.15, -0.1) is 6.58 Å². The molecule has 1 aromatic rings. The first-order valence-electron chi connectivity index (χ1n) is 7.84. The molecule has 0 fully saturated rings. The van der Waals surface area contributed by atoms with Gasteiger partial charge in [-0.05, 0) is 43.7 Å². The summed E-state index contributed by atoms with van der Waals surface area (Å²) in [6, 6.07) is 10.4. The van der Waals surface area contributed by atoms with Crippen molar-refractivity contribution in [3.8, 4) is 0 Å². The lowest BCUT2D eigenvalue weighted by molar-refractivity contribution is -0.140. The molecule has 2 heteroatoms. The molecule has 1 rings (SSSR count). The third kappa shape index (κ3) is 5.72. The lowest BCUT2D eigenvalue weighted by Gasteiger charge is -2.09. The summed E-state index contributed by atoms with van der Waals surface area (Å²) in [5.41, 5.74) is 4.02. The molecular formula is C20H26O2. The summed E-state index contributed by atoms with van der Waals surface area (Å²) < 4.78 is 0. The van der Waals surface area contributed by atoms with E-state index in [1.807, 2.05) is 6.07 Å². The molecule has 1 unspecified atom stereocenters. The van der Waals surface area contributed by atoms with Crippen molar-refractivity contribution < 1.29 is 9.90 Å². The quantitative estimate of drug-likeness (QED) is 0.613. The van der Waals surface area contributed by atoms with Gasteiger partial charge in [0.15, 0.2) is 0 Å². The SMILES string of the molecule is C=CC(CC/C=C/C/C(CC)=C(\C)c1ccccc1)C(=O)O. The second-order valence-corrected chi connectivity index (χ2v) is 5.38. The molecule has 0 radical (unpaired) electrons. The summed E-state index contributed by atoms with van der Waals surface area (Å²) in [5, 5.41) is 8.95. The molecule has 1 aromatic carbocycles. The maximum atomic E-state index is 10.9. The van der Waals surface area contributed by atoms with Gasteiger partial charge in [0.1, 0.15) is 0 Å². The number of carboxylic acid groups (broad SMARTS) is 1. The van der Waals surface area contributed by atoms with Gasteiger partial charge in [-0.25, -0.2) is 0 Å². The minimum atomic E-state index is -0.794. The van der Waals surface area contributed by atoms with Crippen LogP contribution in [0.15, 0.2) is 60.7 Å². The first kappa shape index (κ1) is 18.0. The van der Waals surface area contributed by atoms with Crippen LogP contribution in [0.1, 0.15) is 45.1 Å². The Bertz CT molecular complexity index is 538. The standard InChI is InChI=1S/C20H26O2/c1-4-17(16(3)19-14-10-7-11-15-19)12-8-6-9-13-18(5-2)20(21)22/h5-8,10-11,14-15,18H,2,4,9,12-13H2,1,3H3,(H,21,22)/b8-6+,17-16+. The number of hydrogen-bond donors (Lipinski definition) is 1. The third-order valence-corrected chi connectivity index (χ3v) is 3.94. The Hall–Kier alpha value is -2.09. The molecule has 1 N–H and O–H groups in total. The van der Waals surface area contributed by atoms with Gasteiger partial charge >= 0.3 is 5.97 Å². The summed E-state index contributed by atoms with van der Waals surface area (Å²) in [5.74, 6) is -1.24. The van der Waals surface area contributed by atoms with Crippen LogP contribution in [-0.2, 0) is 4.79 Å². The zero-order chi connectivity index (χ0) is 16.4. The van der Waals surface area contributed by atoms with E-state index in [9.17, 15) is 4.79 Å². The van der Waals surface area contributed by atoms with Gasteiger partial charge in [0.2, 0.25) is 0 Å². The molecule has 1 atom stereocenters. The highest BCUT2D eigenvalue weighted by atomic mass is 16.4. The van der Waals surface area contributed by atoms with Crippen LogP contribution in [0.3, 0.4) is 0 Å². The predicted octanol–water partition coefficient (Wildman–Crippen LogP) is 5.48. The molecule has 118 valence electrons. The third-order valence-electron chi connectivity index (χ3n) is 3.94. The minimum absolute atomic E-state index is 0.447. The first-order valence-corrected chi connectivity index (χ1v) is 7.84. The fourth-order valence-electron chi connectivity index (χ4n) is 2.42. The van der Waals surface area contributed by atoms with Gasteiger partial charge in [0, 0.05) is 0 Å². The van der Waals surface area contributed by atoms with Crippen molar-refractivity contribution in [3.63, 3.8) is 0 Å². The van der Waals surface area contributed by atoms with E-state index >= 15 is 0 Å². The Morgan fingerprint density at radius 3 is 2.50 bits per heavy atom. The molecule has 2 nitrogen and oxygen atoms in total. The van der Waals surface area contributed by atoms with Crippen LogP contribution < -0.4 is 0 Å². The van der Waals surface area contributed by atoms with E-state index in [1.54, 1.807) is 0 Å². The number of rotatable bonds is 9. The molecule has 0 bridgehead atoms. The van der Waals surface area contributed by atoms with E-state index < -0.39 is 11.9 Å². The van der Waals surface area contributed by atoms with Crippen LogP contribution in [0, 0.1) is 5.92 Å². The highest BCUT2D eigenvalue weighted by Gasteiger charge is 2.10. The Balaban J connectivity index is 2.59. The van der Waals surface area contributed by atoms with Crippen molar-refractivity contribution in [1.29, 1.82) is 0 Å². The van der Waals surface area contributed by atoms with Gasteiger partial charge in [-0.3, -0.25) is 4.79 Å². The Labute approximate surface area is 133 Å². The number of aliphatic carboxylic acids is 1. The zero-order valence-corrected chi connectivity index (χ0v) is 13.6. The molecule has 22 heavy (non-hydrogen) atoms. The molecule has 0 aromatic heterocycles. The summed E-state index contributed by atoms with van der Waals surface area (Å²) in [4.78, 5) is 10.9. The second kappa shape index (κ2) is 9.78. The topological polar surface area (TPSA) is 37.3 Å². The number of hydrogen-bond acceptors (Lipinski definition) is 1. The minimum Gasteiger partial charge on any atom is -0.481 e. The lowest BCUT2D eigenvalue weighted by Crippen LogP contribution is -2.09. The van der Waals surface area contributed by atoms with Gasteiger partial charge < -0.3 is 5.11 Å². The fraction of sp³-hybridized carbons (Fsp3) is 0.350. The van der Waals surface area contributed by atoms with E-state index in [0.29, 0.717) is 6.42 Å². The molecule has 0 aliphatic rings. The van der Waals surface area contributed by atoms with E-state index in [0.717, 1.165) is 19.3 Å². The number of benzene rings is 1. The predicted molar refractivity (Wildman–Crippen MR) is 93.6 cm³/mol. The molecule has 0 saturated heterocycles. The number of carbonyl (C=O) groups is 1. The lowest BCUT2D eigenvalue weighted by atomic mass is 9.97. The van der Waals surface area contributed by atoms with Gasteiger partial charge in [0.25, 0.3) is 0 Å². The van der Waals surface area contributed by atoms with Gasteiger partial charge in [-0.2, -0.15) is 0 Å². The summed E-state index contributed by atoms with van der Waals surface area (Å²) in [6.07, 6.45) is 9.05. The summed E-state index contributed by atoms with van der Waals surface area (Å²) in [7, 11) is 0. The maximum absolute atomic E-state index is 10.9. The van der Waals surface area contributed by atoms with Crippen molar-refractivity contribution >= 4 is 11.5 Å². The fourth-order valence-corrected chi connectivity index (χ4v) is 2.42. The van der Waals surface area contributed by atoms with Crippen molar-refractivity contribution in [3.05, 3.63) is 66.3 Å². The Kier molecular flexibility index (Phi) is 7.98. The molecule has 0 saturated carbocycles. The molecular weight excluding hydrogens is 272 g/mol. The maximum Gasteiger partial charge on any atom is 0.310 e. The van der Waals surface area contributed by atoms with Crippen LogP contribution >= 0.6 is 0 Å². The molecule has 0 amide bonds. The van der Waals surface area contributed by atoms with Crippen LogP contribution in [0.2, 0.25) is 0 Å². The average Bonchev–Trinajstić information content (AvgIpc) is 2.54. The van der Waals surface area contributed by atoms with Crippen LogP contribution in [0.4, 0.5) is 0 Å². The van der Waals surface area contributed by atoms with Crippen molar-refractivity contribution in [2.75, 3.05) is 0 Å². The molecule has 0 aliphatic carbocycles. The number of allylic oxidation sites excluding steroid dienone is 4. The molecule has 0 spiro atoms. The smallest absolute Gasteiger partial charge is 0.310 e. The monoisotopic (exact) mass is 298 g/mol. The van der Waals surface area contributed by atoms with Crippen LogP contribution in [0.5, 0.6) is 0 Å². The molecule has 0 heterocycles. The number of carboxylic acids is 1. The van der Waals surface area contributed by atoms with E-state index in [4.69, 9.17) is 5.11 Å². The highest BCUT2D eigenvalue weighted by Crippen LogP contribution is 2.23. The van der Waals surface area contributed by atoms with E-state index in [-0.39, 0.29) is 0 Å². The normalized spacial score (nSPS) is 13.7. The van der Waals surface area contributed by atoms with Crippen molar-refractivity contribution in [2.45, 2.75) is 39.5 Å². The van der Waals surface area contributed by atoms with Crippen LogP contribution in [0.25, 0.3) is 5.57 Å².